The molecule has 0 radical (unpaired) electrons. The summed E-state index contributed by atoms with van der Waals surface area (Å²) in [6.07, 6.45) is 6.81. The summed E-state index contributed by atoms with van der Waals surface area (Å²) >= 11 is 0. The second-order valence-electron chi connectivity index (χ2n) is 4.57. The van der Waals surface area contributed by atoms with Crippen LogP contribution in [-0.4, -0.2) is 0 Å². The highest BCUT2D eigenvalue weighted by Gasteiger charge is 2.11. The van der Waals surface area contributed by atoms with Crippen LogP contribution < -0.4 is 0 Å². The lowest BCUT2D eigenvalue weighted by atomic mass is 9.88. The van der Waals surface area contributed by atoms with E-state index in [-0.39, 0.29) is 0 Å². The highest BCUT2D eigenvalue weighted by Crippen LogP contribution is 2.33. The Labute approximate surface area is 122 Å². The van der Waals surface area contributed by atoms with Gasteiger partial charge in [-0.1, -0.05) is 86.7 Å². The molecule has 2 aromatic carbocycles. The van der Waals surface area contributed by atoms with E-state index in [0.29, 0.717) is 0 Å². The van der Waals surface area contributed by atoms with E-state index in [1.807, 2.05) is 13.8 Å². The summed E-state index contributed by atoms with van der Waals surface area (Å²) in [4.78, 5) is 0. The van der Waals surface area contributed by atoms with Crippen LogP contribution >= 0.6 is 0 Å². The van der Waals surface area contributed by atoms with Crippen LogP contribution in [0.4, 0.5) is 0 Å². The van der Waals surface area contributed by atoms with Crippen molar-refractivity contribution in [1.82, 2.24) is 0 Å². The molecule has 0 unspecified atom stereocenters. The van der Waals surface area contributed by atoms with Crippen molar-refractivity contribution in [2.24, 2.45) is 0 Å². The summed E-state index contributed by atoms with van der Waals surface area (Å²) in [6.45, 7) is 4.00. The molecule has 0 saturated carbocycles. The molecule has 0 heteroatoms. The molecule has 2 aromatic rings. The molecule has 1 aliphatic carbocycles. The van der Waals surface area contributed by atoms with Crippen molar-refractivity contribution in [3.63, 3.8) is 0 Å². The number of allylic oxidation sites excluding steroid dienone is 4. The maximum absolute atomic E-state index is 2.27. The average molecular weight is 262 g/mol. The zero-order valence-corrected chi connectivity index (χ0v) is 12.3. The molecule has 0 aromatic heterocycles. The second kappa shape index (κ2) is 7.49. The Kier molecular flexibility index (Phi) is 5.37. The maximum atomic E-state index is 2.27. The van der Waals surface area contributed by atoms with Crippen molar-refractivity contribution in [2.75, 3.05) is 0 Å². The molecule has 20 heavy (non-hydrogen) atoms. The Morgan fingerprint density at radius 3 is 1.85 bits per heavy atom. The first kappa shape index (κ1) is 14.3. The molecule has 0 atom stereocenters. The van der Waals surface area contributed by atoms with Crippen LogP contribution in [0.15, 0.2) is 72.8 Å². The van der Waals surface area contributed by atoms with Gasteiger partial charge in [0.2, 0.25) is 0 Å². The van der Waals surface area contributed by atoms with Gasteiger partial charge in [0.1, 0.15) is 0 Å². The van der Waals surface area contributed by atoms with Crippen molar-refractivity contribution in [3.8, 4) is 0 Å². The lowest BCUT2D eigenvalue weighted by Gasteiger charge is -2.16. The highest BCUT2D eigenvalue weighted by molar-refractivity contribution is 5.96. The van der Waals surface area contributed by atoms with E-state index in [1.54, 1.807) is 0 Å². The normalized spacial score (nSPS) is 13.7. The molecule has 1 aliphatic rings. The topological polar surface area (TPSA) is 0 Å². The Bertz CT molecular complexity index is 574. The van der Waals surface area contributed by atoms with Crippen LogP contribution in [0.2, 0.25) is 0 Å². The zero-order chi connectivity index (χ0) is 14.2. The number of rotatable bonds is 2. The summed E-state index contributed by atoms with van der Waals surface area (Å²) in [6, 6.07) is 21.4. The fourth-order valence-corrected chi connectivity index (χ4v) is 2.49. The van der Waals surface area contributed by atoms with Gasteiger partial charge in [-0.25, -0.2) is 0 Å². The molecular formula is C20H22. The minimum absolute atomic E-state index is 1.13. The Hall–Kier alpha value is -2.08. The van der Waals surface area contributed by atoms with E-state index < -0.39 is 0 Å². The Morgan fingerprint density at radius 1 is 0.700 bits per heavy atom. The van der Waals surface area contributed by atoms with Gasteiger partial charge < -0.3 is 0 Å². The quantitative estimate of drug-likeness (QED) is 0.625. The molecule has 3 rings (SSSR count). The van der Waals surface area contributed by atoms with Crippen LogP contribution in [0.5, 0.6) is 0 Å². The van der Waals surface area contributed by atoms with Gasteiger partial charge >= 0.3 is 0 Å². The average Bonchev–Trinajstić information content (AvgIpc) is 2.58. The molecule has 0 nitrogen and oxygen atoms in total. The van der Waals surface area contributed by atoms with Gasteiger partial charge in [-0.2, -0.15) is 0 Å². The van der Waals surface area contributed by atoms with E-state index in [9.17, 15) is 0 Å². The smallest absolute Gasteiger partial charge is 0.0149 e. The third kappa shape index (κ3) is 3.27. The van der Waals surface area contributed by atoms with Crippen molar-refractivity contribution >= 4 is 11.1 Å². The SMILES string of the molecule is C1=CC(c2ccccc2)=C(c2ccccc2)CC1.CC. The monoisotopic (exact) mass is 262 g/mol. The third-order valence-electron chi connectivity index (χ3n) is 3.38. The molecule has 0 saturated heterocycles. The van der Waals surface area contributed by atoms with Crippen LogP contribution in [0.1, 0.15) is 37.8 Å². The summed E-state index contributed by atoms with van der Waals surface area (Å²) in [7, 11) is 0. The van der Waals surface area contributed by atoms with E-state index in [2.05, 4.69) is 72.8 Å². The van der Waals surface area contributed by atoms with Crippen LogP contribution in [0.25, 0.3) is 11.1 Å². The first-order valence-electron chi connectivity index (χ1n) is 7.46. The van der Waals surface area contributed by atoms with Crippen molar-refractivity contribution < 1.29 is 0 Å². The molecule has 102 valence electrons. The van der Waals surface area contributed by atoms with Gasteiger partial charge in [0.25, 0.3) is 0 Å². The van der Waals surface area contributed by atoms with E-state index in [4.69, 9.17) is 0 Å². The fraction of sp³-hybridized carbons (Fsp3) is 0.200. The predicted octanol–water partition coefficient (Wildman–Crippen LogP) is 5.97. The van der Waals surface area contributed by atoms with Gasteiger partial charge in [-0.05, 0) is 35.1 Å². The molecule has 0 amide bonds. The summed E-state index contributed by atoms with van der Waals surface area (Å²) < 4.78 is 0. The molecule has 0 spiro atoms. The van der Waals surface area contributed by atoms with Crippen LogP contribution in [0, 0.1) is 0 Å². The van der Waals surface area contributed by atoms with Crippen LogP contribution in [-0.2, 0) is 0 Å². The van der Waals surface area contributed by atoms with Gasteiger partial charge in [-0.15, -0.1) is 0 Å². The molecule has 0 N–H and O–H groups in total. The summed E-state index contributed by atoms with van der Waals surface area (Å²) in [5.74, 6) is 0. The number of benzene rings is 2. The first-order chi connectivity index (χ1) is 9.95. The maximum Gasteiger partial charge on any atom is -0.0149 e. The van der Waals surface area contributed by atoms with E-state index in [1.165, 1.54) is 22.3 Å². The lowest BCUT2D eigenvalue weighted by molar-refractivity contribution is 1.06. The first-order valence-corrected chi connectivity index (χ1v) is 7.46. The van der Waals surface area contributed by atoms with E-state index >= 15 is 0 Å². The third-order valence-corrected chi connectivity index (χ3v) is 3.38. The molecule has 0 aliphatic heterocycles. The van der Waals surface area contributed by atoms with Gasteiger partial charge in [0.15, 0.2) is 0 Å². The predicted molar refractivity (Wildman–Crippen MR) is 89.4 cm³/mol. The van der Waals surface area contributed by atoms with Crippen molar-refractivity contribution in [1.29, 1.82) is 0 Å². The molecular weight excluding hydrogens is 240 g/mol. The number of hydrogen-bond acceptors (Lipinski definition) is 0. The van der Waals surface area contributed by atoms with Crippen molar-refractivity contribution in [2.45, 2.75) is 26.7 Å². The van der Waals surface area contributed by atoms with E-state index in [0.717, 1.165) is 12.8 Å². The zero-order valence-electron chi connectivity index (χ0n) is 12.3. The fourth-order valence-electron chi connectivity index (χ4n) is 2.49. The minimum atomic E-state index is 1.13. The molecule has 0 fully saturated rings. The lowest BCUT2D eigenvalue weighted by Crippen LogP contribution is -1.94. The standard InChI is InChI=1S/C18H16.C2H6/c1-3-9-15(10-4-1)17-13-7-8-14-18(17)16-11-5-2-6-12-16;1-2/h1-7,9-13H,8,14H2;1-2H3. The largest absolute Gasteiger partial charge is 0.0836 e. The molecule has 0 heterocycles. The minimum Gasteiger partial charge on any atom is -0.0836 e. The second-order valence-corrected chi connectivity index (χ2v) is 4.57. The number of hydrogen-bond donors (Lipinski definition) is 0. The summed E-state index contributed by atoms with van der Waals surface area (Å²) in [5, 5.41) is 0. The van der Waals surface area contributed by atoms with Gasteiger partial charge in [0.05, 0.1) is 0 Å². The van der Waals surface area contributed by atoms with Gasteiger partial charge in [-0.3, -0.25) is 0 Å². The van der Waals surface area contributed by atoms with Crippen LogP contribution in [0.3, 0.4) is 0 Å². The molecule has 0 bridgehead atoms. The highest BCUT2D eigenvalue weighted by atomic mass is 14.2. The van der Waals surface area contributed by atoms with Crippen molar-refractivity contribution in [3.05, 3.63) is 83.9 Å². The summed E-state index contributed by atoms with van der Waals surface area (Å²) in [5.41, 5.74) is 5.49. The Morgan fingerprint density at radius 2 is 1.25 bits per heavy atom. The van der Waals surface area contributed by atoms with Gasteiger partial charge in [0, 0.05) is 0 Å². The Balaban J connectivity index is 0.000000704.